The Morgan fingerprint density at radius 2 is 1.81 bits per heavy atom. The average Bonchev–Trinajstić information content (AvgIpc) is 3.16. The van der Waals surface area contributed by atoms with Crippen LogP contribution < -0.4 is 14.8 Å². The quantitative estimate of drug-likeness (QED) is 0.660. The molecular formula is C20H20N2O3S. The first-order valence-electron chi connectivity index (χ1n) is 8.28. The van der Waals surface area contributed by atoms with Gasteiger partial charge in [-0.1, -0.05) is 30.3 Å². The Labute approximate surface area is 156 Å². The molecule has 3 rings (SSSR count). The summed E-state index contributed by atoms with van der Waals surface area (Å²) in [6, 6.07) is 17.2. The highest BCUT2D eigenvalue weighted by Crippen LogP contribution is 2.23. The molecule has 134 valence electrons. The number of thiazole rings is 1. The van der Waals surface area contributed by atoms with Crippen molar-refractivity contribution in [2.75, 3.05) is 20.3 Å². The first kappa shape index (κ1) is 17.9. The molecule has 3 aromatic rings. The lowest BCUT2D eigenvalue weighted by Gasteiger charge is -2.07. The van der Waals surface area contributed by atoms with Crippen LogP contribution in [0.1, 0.15) is 5.69 Å². The van der Waals surface area contributed by atoms with Crippen molar-refractivity contribution in [2.24, 2.45) is 0 Å². The van der Waals surface area contributed by atoms with E-state index in [-0.39, 0.29) is 12.5 Å². The summed E-state index contributed by atoms with van der Waals surface area (Å²) in [6.45, 7) is 0.515. The molecule has 1 aromatic heterocycles. The molecule has 0 spiro atoms. The molecule has 2 aromatic carbocycles. The van der Waals surface area contributed by atoms with Crippen LogP contribution in [0.4, 0.5) is 0 Å². The highest BCUT2D eigenvalue weighted by Gasteiger charge is 2.06. The van der Waals surface area contributed by atoms with Crippen molar-refractivity contribution in [1.82, 2.24) is 10.3 Å². The maximum Gasteiger partial charge on any atom is 0.257 e. The smallest absolute Gasteiger partial charge is 0.257 e. The number of hydrogen-bond donors (Lipinski definition) is 1. The van der Waals surface area contributed by atoms with E-state index < -0.39 is 0 Å². The second-order valence-electron chi connectivity index (χ2n) is 5.57. The van der Waals surface area contributed by atoms with Gasteiger partial charge < -0.3 is 14.8 Å². The average molecular weight is 368 g/mol. The van der Waals surface area contributed by atoms with Crippen molar-refractivity contribution in [3.63, 3.8) is 0 Å². The minimum Gasteiger partial charge on any atom is -0.497 e. The third kappa shape index (κ3) is 5.07. The molecule has 26 heavy (non-hydrogen) atoms. The molecule has 5 nitrogen and oxygen atoms in total. The molecule has 0 aliphatic carbocycles. The van der Waals surface area contributed by atoms with E-state index in [0.29, 0.717) is 18.7 Å². The number of nitrogens with one attached hydrogen (secondary N) is 1. The zero-order valence-corrected chi connectivity index (χ0v) is 15.3. The molecule has 0 atom stereocenters. The van der Waals surface area contributed by atoms with E-state index in [0.717, 1.165) is 22.0 Å². The lowest BCUT2D eigenvalue weighted by atomic mass is 10.2. The second-order valence-corrected chi connectivity index (χ2v) is 6.43. The molecule has 0 bridgehead atoms. The van der Waals surface area contributed by atoms with Crippen LogP contribution in [0.3, 0.4) is 0 Å². The van der Waals surface area contributed by atoms with Crippen LogP contribution >= 0.6 is 11.3 Å². The zero-order valence-electron chi connectivity index (χ0n) is 14.5. The Morgan fingerprint density at radius 3 is 2.54 bits per heavy atom. The van der Waals surface area contributed by atoms with E-state index in [2.05, 4.69) is 10.3 Å². The fourth-order valence-corrected chi connectivity index (χ4v) is 3.20. The Kier molecular flexibility index (Phi) is 6.22. The summed E-state index contributed by atoms with van der Waals surface area (Å²) < 4.78 is 10.5. The van der Waals surface area contributed by atoms with E-state index in [9.17, 15) is 4.79 Å². The molecule has 6 heteroatoms. The Balaban J connectivity index is 1.40. The van der Waals surface area contributed by atoms with E-state index in [4.69, 9.17) is 9.47 Å². The molecule has 0 saturated heterocycles. The number of ether oxygens (including phenoxy) is 2. The summed E-state index contributed by atoms with van der Waals surface area (Å²) in [7, 11) is 1.61. The number of carbonyl (C=O) groups excluding carboxylic acids is 1. The maximum absolute atomic E-state index is 11.9. The van der Waals surface area contributed by atoms with E-state index in [1.54, 1.807) is 42.7 Å². The molecule has 0 radical (unpaired) electrons. The van der Waals surface area contributed by atoms with Gasteiger partial charge in [-0.25, -0.2) is 4.98 Å². The highest BCUT2D eigenvalue weighted by atomic mass is 32.1. The number of rotatable bonds is 8. The third-order valence-corrected chi connectivity index (χ3v) is 4.65. The predicted octanol–water partition coefficient (Wildman–Crippen LogP) is 3.56. The predicted molar refractivity (Wildman–Crippen MR) is 103 cm³/mol. The van der Waals surface area contributed by atoms with Gasteiger partial charge in [-0.05, 0) is 24.3 Å². The molecule has 0 unspecified atom stereocenters. The molecular weight excluding hydrogens is 348 g/mol. The van der Waals surface area contributed by atoms with Crippen LogP contribution in [0.2, 0.25) is 0 Å². The fourth-order valence-electron chi connectivity index (χ4n) is 2.34. The Hall–Kier alpha value is -2.86. The van der Waals surface area contributed by atoms with Gasteiger partial charge in [-0.3, -0.25) is 4.79 Å². The molecule has 0 fully saturated rings. The lowest BCUT2D eigenvalue weighted by molar-refractivity contribution is -0.123. The minimum atomic E-state index is -0.153. The van der Waals surface area contributed by atoms with Crippen molar-refractivity contribution in [1.29, 1.82) is 0 Å². The monoisotopic (exact) mass is 368 g/mol. The summed E-state index contributed by atoms with van der Waals surface area (Å²) >= 11 is 1.61. The van der Waals surface area contributed by atoms with E-state index >= 15 is 0 Å². The van der Waals surface area contributed by atoms with Crippen molar-refractivity contribution in [3.05, 3.63) is 65.7 Å². The largest absolute Gasteiger partial charge is 0.497 e. The van der Waals surface area contributed by atoms with Crippen LogP contribution in [0, 0.1) is 0 Å². The normalized spacial score (nSPS) is 10.3. The van der Waals surface area contributed by atoms with Gasteiger partial charge in [-0.2, -0.15) is 0 Å². The molecule has 1 heterocycles. The van der Waals surface area contributed by atoms with Crippen molar-refractivity contribution in [2.45, 2.75) is 6.42 Å². The van der Waals surface area contributed by atoms with Crippen molar-refractivity contribution < 1.29 is 14.3 Å². The number of amides is 1. The van der Waals surface area contributed by atoms with Gasteiger partial charge >= 0.3 is 0 Å². The van der Waals surface area contributed by atoms with Crippen LogP contribution in [-0.2, 0) is 11.2 Å². The Bertz CT molecular complexity index is 832. The summed E-state index contributed by atoms with van der Waals surface area (Å²) in [5, 5.41) is 5.87. The molecule has 0 aliphatic rings. The third-order valence-electron chi connectivity index (χ3n) is 3.71. The number of carbonyl (C=O) groups is 1. The summed E-state index contributed by atoms with van der Waals surface area (Å²) in [4.78, 5) is 16.5. The van der Waals surface area contributed by atoms with E-state index in [1.165, 1.54) is 0 Å². The SMILES string of the molecule is COc1ccc(OCC(=O)NCCc2csc(-c3ccccc3)n2)cc1. The fraction of sp³-hybridized carbons (Fsp3) is 0.200. The van der Waals surface area contributed by atoms with Crippen molar-refractivity contribution >= 4 is 17.2 Å². The number of aromatic nitrogens is 1. The first-order chi connectivity index (χ1) is 12.7. The molecule has 1 amide bonds. The standard InChI is InChI=1S/C20H20N2O3S/c1-24-17-7-9-18(10-8-17)25-13-19(23)21-12-11-16-14-26-20(22-16)15-5-3-2-4-6-15/h2-10,14H,11-13H2,1H3,(H,21,23). The molecule has 1 N–H and O–H groups in total. The Morgan fingerprint density at radius 1 is 1.08 bits per heavy atom. The zero-order chi connectivity index (χ0) is 18.2. The first-order valence-corrected chi connectivity index (χ1v) is 9.16. The summed E-state index contributed by atoms with van der Waals surface area (Å²) in [5.41, 5.74) is 2.09. The van der Waals surface area contributed by atoms with E-state index in [1.807, 2.05) is 35.7 Å². The van der Waals surface area contributed by atoms with Crippen LogP contribution in [-0.4, -0.2) is 31.2 Å². The topological polar surface area (TPSA) is 60.5 Å². The minimum absolute atomic E-state index is 0.0152. The van der Waals surface area contributed by atoms with Gasteiger partial charge in [-0.15, -0.1) is 11.3 Å². The van der Waals surface area contributed by atoms with Crippen molar-refractivity contribution in [3.8, 4) is 22.1 Å². The van der Waals surface area contributed by atoms with Gasteiger partial charge in [0, 0.05) is 23.9 Å². The van der Waals surface area contributed by atoms with Gasteiger partial charge in [0.2, 0.25) is 0 Å². The maximum atomic E-state index is 11.9. The van der Waals surface area contributed by atoms with Crippen LogP contribution in [0.5, 0.6) is 11.5 Å². The van der Waals surface area contributed by atoms with Crippen LogP contribution in [0.15, 0.2) is 60.0 Å². The molecule has 0 saturated carbocycles. The van der Waals surface area contributed by atoms with Gasteiger partial charge in [0.1, 0.15) is 16.5 Å². The van der Waals surface area contributed by atoms with Crippen LogP contribution in [0.25, 0.3) is 10.6 Å². The number of nitrogens with zero attached hydrogens (tertiary/aromatic N) is 1. The highest BCUT2D eigenvalue weighted by molar-refractivity contribution is 7.13. The van der Waals surface area contributed by atoms with Gasteiger partial charge in [0.25, 0.3) is 5.91 Å². The number of benzene rings is 2. The number of methoxy groups -OCH3 is 1. The van der Waals surface area contributed by atoms with Gasteiger partial charge in [0.05, 0.1) is 12.8 Å². The summed E-state index contributed by atoms with van der Waals surface area (Å²) in [6.07, 6.45) is 0.692. The number of hydrogen-bond acceptors (Lipinski definition) is 5. The lowest BCUT2D eigenvalue weighted by Crippen LogP contribution is -2.30. The second kappa shape index (κ2) is 9.01. The summed E-state index contributed by atoms with van der Waals surface area (Å²) in [5.74, 6) is 1.23. The van der Waals surface area contributed by atoms with Gasteiger partial charge in [0.15, 0.2) is 6.61 Å². The molecule has 0 aliphatic heterocycles.